The first-order chi connectivity index (χ1) is 8.56. The van der Waals surface area contributed by atoms with Gasteiger partial charge in [0.25, 0.3) is 0 Å². The van der Waals surface area contributed by atoms with Gasteiger partial charge in [0.2, 0.25) is 5.95 Å². The number of nitrogens with zero attached hydrogens (tertiary/aromatic N) is 4. The highest BCUT2D eigenvalue weighted by Gasteiger charge is 2.19. The summed E-state index contributed by atoms with van der Waals surface area (Å²) in [6.07, 6.45) is 4.32. The van der Waals surface area contributed by atoms with Crippen LogP contribution >= 0.6 is 0 Å². The highest BCUT2D eigenvalue weighted by molar-refractivity contribution is 5.47. The number of hydrogen-bond donors (Lipinski definition) is 1. The van der Waals surface area contributed by atoms with Gasteiger partial charge in [0.15, 0.2) is 0 Å². The number of nitrogens with two attached hydrogens (primary N) is 1. The standard InChI is InChI=1S/C13H23N5/c1-10-8-15-13(14)16-12(10)18(3)9-11-4-6-17(2)7-5-11/h8,11H,4-7,9H2,1-3H3,(H2,14,15,16). The van der Waals surface area contributed by atoms with E-state index >= 15 is 0 Å². The van der Waals surface area contributed by atoms with E-state index in [0.29, 0.717) is 5.95 Å². The molecule has 2 heterocycles. The van der Waals surface area contributed by atoms with Crippen molar-refractivity contribution in [2.24, 2.45) is 5.92 Å². The molecule has 0 aliphatic carbocycles. The van der Waals surface area contributed by atoms with Crippen LogP contribution in [0.15, 0.2) is 6.20 Å². The Morgan fingerprint density at radius 1 is 1.44 bits per heavy atom. The molecule has 1 saturated heterocycles. The second-order valence-corrected chi connectivity index (χ2v) is 5.36. The topological polar surface area (TPSA) is 58.3 Å². The molecule has 100 valence electrons. The zero-order chi connectivity index (χ0) is 13.1. The summed E-state index contributed by atoms with van der Waals surface area (Å²) < 4.78 is 0. The molecule has 0 unspecified atom stereocenters. The van der Waals surface area contributed by atoms with Crippen LogP contribution in [0.4, 0.5) is 11.8 Å². The average molecular weight is 249 g/mol. The van der Waals surface area contributed by atoms with E-state index < -0.39 is 0 Å². The van der Waals surface area contributed by atoms with Crippen LogP contribution in [-0.4, -0.2) is 48.6 Å². The van der Waals surface area contributed by atoms with E-state index in [2.05, 4.69) is 33.9 Å². The number of nitrogen functional groups attached to an aromatic ring is 1. The molecule has 0 amide bonds. The summed E-state index contributed by atoms with van der Waals surface area (Å²) in [5.74, 6) is 2.06. The third kappa shape index (κ3) is 3.10. The lowest BCUT2D eigenvalue weighted by molar-refractivity contribution is 0.222. The first-order valence-electron chi connectivity index (χ1n) is 6.55. The van der Waals surface area contributed by atoms with Crippen molar-refractivity contribution >= 4 is 11.8 Å². The molecule has 2 N–H and O–H groups in total. The zero-order valence-electron chi connectivity index (χ0n) is 11.6. The molecule has 0 saturated carbocycles. The molecule has 0 bridgehead atoms. The smallest absolute Gasteiger partial charge is 0.221 e. The van der Waals surface area contributed by atoms with Gasteiger partial charge in [-0.05, 0) is 45.8 Å². The van der Waals surface area contributed by atoms with Crippen molar-refractivity contribution in [1.82, 2.24) is 14.9 Å². The molecule has 5 nitrogen and oxygen atoms in total. The van der Waals surface area contributed by atoms with E-state index in [1.165, 1.54) is 25.9 Å². The summed E-state index contributed by atoms with van der Waals surface area (Å²) in [6.45, 7) is 5.47. The molecular formula is C13H23N5. The second-order valence-electron chi connectivity index (χ2n) is 5.36. The Kier molecular flexibility index (Phi) is 4.01. The van der Waals surface area contributed by atoms with Crippen molar-refractivity contribution in [2.45, 2.75) is 19.8 Å². The van der Waals surface area contributed by atoms with E-state index in [-0.39, 0.29) is 0 Å². The molecule has 1 aliphatic heterocycles. The molecular weight excluding hydrogens is 226 g/mol. The normalized spacial score (nSPS) is 17.9. The summed E-state index contributed by atoms with van der Waals surface area (Å²) in [5, 5.41) is 0. The van der Waals surface area contributed by atoms with Crippen LogP contribution in [0.25, 0.3) is 0 Å². The minimum Gasteiger partial charge on any atom is -0.368 e. The summed E-state index contributed by atoms with van der Waals surface area (Å²) in [6, 6.07) is 0. The maximum atomic E-state index is 5.66. The minimum absolute atomic E-state index is 0.353. The fourth-order valence-electron chi connectivity index (χ4n) is 2.55. The third-order valence-corrected chi connectivity index (χ3v) is 3.70. The third-order valence-electron chi connectivity index (χ3n) is 3.70. The Hall–Kier alpha value is -1.36. The number of rotatable bonds is 3. The predicted octanol–water partition coefficient (Wildman–Crippen LogP) is 1.15. The van der Waals surface area contributed by atoms with Crippen LogP contribution in [-0.2, 0) is 0 Å². The number of anilines is 2. The van der Waals surface area contributed by atoms with Gasteiger partial charge in [-0.2, -0.15) is 4.98 Å². The molecule has 0 radical (unpaired) electrons. The Labute approximate surface area is 109 Å². The first kappa shape index (κ1) is 13.1. The largest absolute Gasteiger partial charge is 0.368 e. The monoisotopic (exact) mass is 249 g/mol. The number of piperidine rings is 1. The Bertz CT molecular complexity index is 398. The first-order valence-corrected chi connectivity index (χ1v) is 6.55. The zero-order valence-corrected chi connectivity index (χ0v) is 11.6. The lowest BCUT2D eigenvalue weighted by Gasteiger charge is -2.32. The van der Waals surface area contributed by atoms with Gasteiger partial charge in [-0.15, -0.1) is 0 Å². The van der Waals surface area contributed by atoms with Crippen molar-refractivity contribution in [3.05, 3.63) is 11.8 Å². The van der Waals surface area contributed by atoms with E-state index in [4.69, 9.17) is 5.73 Å². The van der Waals surface area contributed by atoms with E-state index in [0.717, 1.165) is 23.8 Å². The van der Waals surface area contributed by atoms with E-state index in [1.54, 1.807) is 6.20 Å². The quantitative estimate of drug-likeness (QED) is 0.870. The van der Waals surface area contributed by atoms with Gasteiger partial charge >= 0.3 is 0 Å². The van der Waals surface area contributed by atoms with Gasteiger partial charge < -0.3 is 15.5 Å². The van der Waals surface area contributed by atoms with Gasteiger partial charge in [-0.25, -0.2) is 4.98 Å². The molecule has 5 heteroatoms. The SMILES string of the molecule is Cc1cnc(N)nc1N(C)CC1CCN(C)CC1. The van der Waals surface area contributed by atoms with Crippen LogP contribution in [0.1, 0.15) is 18.4 Å². The van der Waals surface area contributed by atoms with Crippen molar-refractivity contribution in [3.8, 4) is 0 Å². The average Bonchev–Trinajstić information content (AvgIpc) is 2.35. The molecule has 0 spiro atoms. The summed E-state index contributed by atoms with van der Waals surface area (Å²) in [7, 11) is 4.28. The lowest BCUT2D eigenvalue weighted by atomic mass is 9.96. The molecule has 1 aromatic heterocycles. The van der Waals surface area contributed by atoms with Crippen molar-refractivity contribution < 1.29 is 0 Å². The van der Waals surface area contributed by atoms with Gasteiger partial charge in [-0.3, -0.25) is 0 Å². The van der Waals surface area contributed by atoms with Gasteiger partial charge in [-0.1, -0.05) is 0 Å². The van der Waals surface area contributed by atoms with Crippen LogP contribution in [0.2, 0.25) is 0 Å². The van der Waals surface area contributed by atoms with Gasteiger partial charge in [0, 0.05) is 25.4 Å². The molecule has 1 aromatic rings. The fourth-order valence-corrected chi connectivity index (χ4v) is 2.55. The lowest BCUT2D eigenvalue weighted by Crippen LogP contribution is -2.36. The molecule has 0 atom stereocenters. The van der Waals surface area contributed by atoms with Crippen molar-refractivity contribution in [3.63, 3.8) is 0 Å². The molecule has 2 rings (SSSR count). The van der Waals surface area contributed by atoms with Crippen LogP contribution in [0.3, 0.4) is 0 Å². The van der Waals surface area contributed by atoms with Crippen LogP contribution in [0, 0.1) is 12.8 Å². The maximum absolute atomic E-state index is 5.66. The number of likely N-dealkylation sites (tertiary alicyclic amines) is 1. The van der Waals surface area contributed by atoms with Crippen LogP contribution in [0.5, 0.6) is 0 Å². The maximum Gasteiger partial charge on any atom is 0.221 e. The Morgan fingerprint density at radius 3 is 2.78 bits per heavy atom. The number of aromatic nitrogens is 2. The molecule has 18 heavy (non-hydrogen) atoms. The Morgan fingerprint density at radius 2 is 2.11 bits per heavy atom. The number of aryl methyl sites for hydroxylation is 1. The predicted molar refractivity (Wildman–Crippen MR) is 74.7 cm³/mol. The highest BCUT2D eigenvalue weighted by atomic mass is 15.2. The second kappa shape index (κ2) is 5.52. The molecule has 0 aromatic carbocycles. The number of hydrogen-bond acceptors (Lipinski definition) is 5. The van der Waals surface area contributed by atoms with Gasteiger partial charge in [0.05, 0.1) is 0 Å². The summed E-state index contributed by atoms with van der Waals surface area (Å²) in [4.78, 5) is 13.0. The Balaban J connectivity index is 1.98. The van der Waals surface area contributed by atoms with Gasteiger partial charge in [0.1, 0.15) is 5.82 Å². The highest BCUT2D eigenvalue weighted by Crippen LogP contribution is 2.21. The van der Waals surface area contributed by atoms with Crippen LogP contribution < -0.4 is 10.6 Å². The summed E-state index contributed by atoms with van der Waals surface area (Å²) in [5.41, 5.74) is 6.74. The van der Waals surface area contributed by atoms with E-state index in [9.17, 15) is 0 Å². The van der Waals surface area contributed by atoms with E-state index in [1.807, 2.05) is 6.92 Å². The van der Waals surface area contributed by atoms with Crippen molar-refractivity contribution in [2.75, 3.05) is 44.4 Å². The fraction of sp³-hybridized carbons (Fsp3) is 0.692. The molecule has 1 fully saturated rings. The molecule has 1 aliphatic rings. The van der Waals surface area contributed by atoms with Crippen molar-refractivity contribution in [1.29, 1.82) is 0 Å². The summed E-state index contributed by atoms with van der Waals surface area (Å²) >= 11 is 0. The minimum atomic E-state index is 0.353.